The maximum absolute atomic E-state index is 12.2. The van der Waals surface area contributed by atoms with Gasteiger partial charge in [-0.05, 0) is 92.7 Å². The third kappa shape index (κ3) is 6.64. The van der Waals surface area contributed by atoms with Crippen LogP contribution in [0.15, 0.2) is 36.7 Å². The molecule has 0 aromatic heterocycles. The molecule has 0 aliphatic heterocycles. The van der Waals surface area contributed by atoms with Crippen molar-refractivity contribution in [2.24, 2.45) is 17.8 Å². The molecule has 2 aliphatic carbocycles. The molecular weight excluding hydrogens is 347 g/mol. The van der Waals surface area contributed by atoms with Crippen LogP contribution in [-0.2, 0) is 0 Å². The van der Waals surface area contributed by atoms with E-state index in [1.807, 2.05) is 0 Å². The van der Waals surface area contributed by atoms with Gasteiger partial charge in [0.05, 0.1) is 12.9 Å². The van der Waals surface area contributed by atoms with Crippen LogP contribution < -0.4 is 4.74 Å². The first-order chi connectivity index (χ1) is 13.8. The molecule has 0 amide bonds. The van der Waals surface area contributed by atoms with Crippen molar-refractivity contribution in [3.05, 3.63) is 42.2 Å². The number of allylic oxidation sites excluding steroid dienone is 1. The molecule has 2 saturated carbocycles. The standard InChI is InChI=1S/C26H39FO/c1-2-20-28-26-17-15-25(16-18-26)24-13-11-23(12-14-24)10-9-22-7-5-21(6-8-22)4-3-19-27/h3,15-19,21-24H,2,4-14,20H2,1H3/t21-,22-,23-,24-. The van der Waals surface area contributed by atoms with Crippen molar-refractivity contribution in [2.75, 3.05) is 6.61 Å². The first kappa shape index (κ1) is 21.4. The molecule has 1 aromatic rings. The highest BCUT2D eigenvalue weighted by Gasteiger charge is 2.25. The Bertz CT molecular complexity index is 563. The fourth-order valence-electron chi connectivity index (χ4n) is 5.31. The van der Waals surface area contributed by atoms with Gasteiger partial charge in [0.2, 0.25) is 0 Å². The van der Waals surface area contributed by atoms with Gasteiger partial charge in [0.15, 0.2) is 0 Å². The van der Waals surface area contributed by atoms with Crippen LogP contribution in [0.5, 0.6) is 5.75 Å². The van der Waals surface area contributed by atoms with Crippen molar-refractivity contribution in [2.45, 2.75) is 89.9 Å². The highest BCUT2D eigenvalue weighted by atomic mass is 19.1. The third-order valence-corrected chi connectivity index (χ3v) is 7.18. The van der Waals surface area contributed by atoms with Crippen LogP contribution in [-0.4, -0.2) is 6.61 Å². The zero-order valence-corrected chi connectivity index (χ0v) is 17.8. The van der Waals surface area contributed by atoms with Gasteiger partial charge in [-0.1, -0.05) is 50.8 Å². The number of hydrogen-bond donors (Lipinski definition) is 0. The lowest BCUT2D eigenvalue weighted by Crippen LogP contribution is -2.17. The molecule has 0 atom stereocenters. The summed E-state index contributed by atoms with van der Waals surface area (Å²) in [5.41, 5.74) is 1.50. The van der Waals surface area contributed by atoms with Crippen molar-refractivity contribution >= 4 is 0 Å². The van der Waals surface area contributed by atoms with E-state index in [-0.39, 0.29) is 0 Å². The molecule has 2 aliphatic rings. The zero-order chi connectivity index (χ0) is 19.6. The second kappa shape index (κ2) is 11.6. The second-order valence-corrected chi connectivity index (χ2v) is 9.20. The molecule has 2 heteroatoms. The predicted octanol–water partition coefficient (Wildman–Crippen LogP) is 8.21. The molecule has 2 fully saturated rings. The lowest BCUT2D eigenvalue weighted by molar-refractivity contribution is 0.231. The number of benzene rings is 1. The van der Waals surface area contributed by atoms with Crippen LogP contribution in [0.1, 0.15) is 95.5 Å². The minimum atomic E-state index is 0.719. The van der Waals surface area contributed by atoms with E-state index in [1.165, 1.54) is 69.8 Å². The quantitative estimate of drug-likeness (QED) is 0.415. The first-order valence-electron chi connectivity index (χ1n) is 11.8. The summed E-state index contributed by atoms with van der Waals surface area (Å²) in [5.74, 6) is 4.36. The Morgan fingerprint density at radius 2 is 1.43 bits per heavy atom. The number of hydrogen-bond acceptors (Lipinski definition) is 1. The summed E-state index contributed by atoms with van der Waals surface area (Å²) in [4.78, 5) is 0. The van der Waals surface area contributed by atoms with Crippen LogP contribution in [0.4, 0.5) is 4.39 Å². The summed E-state index contributed by atoms with van der Waals surface area (Å²) in [7, 11) is 0. The average Bonchev–Trinajstić information content (AvgIpc) is 2.76. The zero-order valence-electron chi connectivity index (χ0n) is 17.8. The Kier molecular flexibility index (Phi) is 8.89. The van der Waals surface area contributed by atoms with E-state index in [1.54, 1.807) is 6.08 Å². The van der Waals surface area contributed by atoms with Crippen molar-refractivity contribution < 1.29 is 9.13 Å². The van der Waals surface area contributed by atoms with Crippen molar-refractivity contribution in [3.8, 4) is 5.75 Å². The Morgan fingerprint density at radius 1 is 0.857 bits per heavy atom. The van der Waals surface area contributed by atoms with E-state index in [4.69, 9.17) is 4.74 Å². The maximum atomic E-state index is 12.2. The van der Waals surface area contributed by atoms with E-state index >= 15 is 0 Å². The van der Waals surface area contributed by atoms with Gasteiger partial charge in [0.1, 0.15) is 5.75 Å². The third-order valence-electron chi connectivity index (χ3n) is 7.18. The SMILES string of the molecule is CCCOc1ccc([C@H]2CC[C@H](CC[C@H]3CC[C@H](CC=CF)CC3)CC2)cc1. The van der Waals surface area contributed by atoms with Crippen LogP contribution in [0.25, 0.3) is 0 Å². The Balaban J connectivity index is 1.33. The summed E-state index contributed by atoms with van der Waals surface area (Å²) in [6.07, 6.45) is 18.1. The molecule has 0 saturated heterocycles. The molecule has 0 unspecified atom stereocenters. The van der Waals surface area contributed by atoms with Gasteiger partial charge in [0.25, 0.3) is 0 Å². The summed E-state index contributed by atoms with van der Waals surface area (Å²) in [5, 5.41) is 0. The van der Waals surface area contributed by atoms with Gasteiger partial charge < -0.3 is 4.74 Å². The smallest absolute Gasteiger partial charge is 0.119 e. The van der Waals surface area contributed by atoms with Crippen LogP contribution in [0.2, 0.25) is 0 Å². The topological polar surface area (TPSA) is 9.23 Å². The number of halogens is 1. The van der Waals surface area contributed by atoms with Crippen LogP contribution in [0, 0.1) is 17.8 Å². The Hall–Kier alpha value is -1.31. The van der Waals surface area contributed by atoms with Crippen LogP contribution in [0.3, 0.4) is 0 Å². The van der Waals surface area contributed by atoms with Crippen molar-refractivity contribution in [1.82, 2.24) is 0 Å². The molecule has 0 radical (unpaired) electrons. The number of rotatable bonds is 9. The van der Waals surface area contributed by atoms with E-state index in [9.17, 15) is 4.39 Å². The van der Waals surface area contributed by atoms with Crippen molar-refractivity contribution in [3.63, 3.8) is 0 Å². The van der Waals surface area contributed by atoms with E-state index < -0.39 is 0 Å². The Labute approximate surface area is 171 Å². The molecule has 1 nitrogen and oxygen atoms in total. The van der Waals surface area contributed by atoms with Crippen LogP contribution >= 0.6 is 0 Å². The summed E-state index contributed by atoms with van der Waals surface area (Å²) in [6.45, 7) is 2.95. The first-order valence-corrected chi connectivity index (χ1v) is 11.8. The molecule has 1 aromatic carbocycles. The fraction of sp³-hybridized carbons (Fsp3) is 0.692. The average molecular weight is 387 g/mol. The highest BCUT2D eigenvalue weighted by molar-refractivity contribution is 5.29. The van der Waals surface area contributed by atoms with E-state index in [2.05, 4.69) is 31.2 Å². The normalized spacial score (nSPS) is 28.5. The van der Waals surface area contributed by atoms with Crippen molar-refractivity contribution in [1.29, 1.82) is 0 Å². The minimum Gasteiger partial charge on any atom is -0.494 e. The fourth-order valence-corrected chi connectivity index (χ4v) is 5.31. The molecule has 28 heavy (non-hydrogen) atoms. The van der Waals surface area contributed by atoms with Gasteiger partial charge >= 0.3 is 0 Å². The van der Waals surface area contributed by atoms with E-state index in [0.717, 1.165) is 55.2 Å². The van der Waals surface area contributed by atoms with Gasteiger partial charge in [-0.3, -0.25) is 0 Å². The molecule has 0 spiro atoms. The maximum Gasteiger partial charge on any atom is 0.119 e. The monoisotopic (exact) mass is 386 g/mol. The predicted molar refractivity (Wildman–Crippen MR) is 116 cm³/mol. The molecule has 156 valence electrons. The molecule has 0 N–H and O–H groups in total. The highest BCUT2D eigenvalue weighted by Crippen LogP contribution is 2.40. The van der Waals surface area contributed by atoms with E-state index in [0.29, 0.717) is 0 Å². The summed E-state index contributed by atoms with van der Waals surface area (Å²) >= 11 is 0. The summed E-state index contributed by atoms with van der Waals surface area (Å²) < 4.78 is 17.9. The molecule has 0 heterocycles. The van der Waals surface area contributed by atoms with Gasteiger partial charge in [-0.15, -0.1) is 0 Å². The second-order valence-electron chi connectivity index (χ2n) is 9.20. The van der Waals surface area contributed by atoms with Gasteiger partial charge in [-0.25, -0.2) is 4.39 Å². The largest absolute Gasteiger partial charge is 0.494 e. The summed E-state index contributed by atoms with van der Waals surface area (Å²) in [6, 6.07) is 8.87. The number of ether oxygens (including phenoxy) is 1. The molecule has 3 rings (SSSR count). The Morgan fingerprint density at radius 3 is 2.00 bits per heavy atom. The lowest BCUT2D eigenvalue weighted by atomic mass is 9.74. The lowest BCUT2D eigenvalue weighted by Gasteiger charge is -2.32. The molecular formula is C26H39FO. The molecule has 0 bridgehead atoms. The van der Waals surface area contributed by atoms with Gasteiger partial charge in [-0.2, -0.15) is 0 Å². The minimum absolute atomic E-state index is 0.719. The van der Waals surface area contributed by atoms with Gasteiger partial charge in [0, 0.05) is 0 Å².